The quantitative estimate of drug-likeness (QED) is 0.619. The van der Waals surface area contributed by atoms with Crippen molar-refractivity contribution in [2.45, 2.75) is 26.7 Å². The van der Waals surface area contributed by atoms with E-state index in [1.807, 2.05) is 31.2 Å². The molecule has 0 bridgehead atoms. The van der Waals surface area contributed by atoms with Crippen molar-refractivity contribution in [1.29, 1.82) is 0 Å². The molecule has 0 aliphatic carbocycles. The van der Waals surface area contributed by atoms with Crippen LogP contribution in [0.3, 0.4) is 0 Å². The molecule has 0 amide bonds. The second kappa shape index (κ2) is 6.25. The standard InChI is InChI=1S/C14H16N2S2/c1-3-4-9-18-14(17)13-10(2)15-11-7-5-6-8-12(11)16-13/h5-8H,3-4,9H2,1-2H3. The first-order valence-corrected chi connectivity index (χ1v) is 7.52. The molecule has 1 aromatic carbocycles. The second-order valence-corrected chi connectivity index (χ2v) is 5.91. The number of hydrogen-bond acceptors (Lipinski definition) is 4. The van der Waals surface area contributed by atoms with E-state index in [2.05, 4.69) is 16.9 Å². The van der Waals surface area contributed by atoms with Gasteiger partial charge in [-0.25, -0.2) is 9.97 Å². The Labute approximate surface area is 117 Å². The molecule has 0 unspecified atom stereocenters. The molecule has 0 radical (unpaired) electrons. The lowest BCUT2D eigenvalue weighted by Crippen LogP contribution is -2.03. The van der Waals surface area contributed by atoms with Crippen LogP contribution in [0.15, 0.2) is 24.3 Å². The van der Waals surface area contributed by atoms with Gasteiger partial charge in [-0.15, -0.1) is 11.8 Å². The minimum Gasteiger partial charge on any atom is -0.249 e. The first kappa shape index (κ1) is 13.4. The minimum atomic E-state index is 0.860. The van der Waals surface area contributed by atoms with E-state index >= 15 is 0 Å². The van der Waals surface area contributed by atoms with Gasteiger partial charge in [-0.1, -0.05) is 37.7 Å². The van der Waals surface area contributed by atoms with Gasteiger partial charge in [-0.3, -0.25) is 0 Å². The Kier molecular flexibility index (Phi) is 4.66. The third-order valence-corrected chi connectivity index (χ3v) is 4.16. The van der Waals surface area contributed by atoms with Crippen LogP contribution >= 0.6 is 24.0 Å². The third-order valence-electron chi connectivity index (χ3n) is 2.67. The smallest absolute Gasteiger partial charge is 0.109 e. The Balaban J connectivity index is 2.27. The van der Waals surface area contributed by atoms with E-state index in [-0.39, 0.29) is 0 Å². The van der Waals surface area contributed by atoms with Crippen LogP contribution in [0.4, 0.5) is 0 Å². The largest absolute Gasteiger partial charge is 0.249 e. The van der Waals surface area contributed by atoms with Crippen LogP contribution in [-0.2, 0) is 0 Å². The summed E-state index contributed by atoms with van der Waals surface area (Å²) < 4.78 is 0.860. The molecule has 0 spiro atoms. The highest BCUT2D eigenvalue weighted by molar-refractivity contribution is 8.23. The molecule has 4 heteroatoms. The van der Waals surface area contributed by atoms with Crippen molar-refractivity contribution in [1.82, 2.24) is 9.97 Å². The van der Waals surface area contributed by atoms with Crippen LogP contribution in [0.2, 0.25) is 0 Å². The summed E-state index contributed by atoms with van der Waals surface area (Å²) in [5.74, 6) is 1.06. The molecule has 94 valence electrons. The van der Waals surface area contributed by atoms with Crippen LogP contribution in [-0.4, -0.2) is 19.9 Å². The average molecular weight is 276 g/mol. The normalized spacial score (nSPS) is 10.8. The first-order chi connectivity index (χ1) is 8.72. The molecule has 0 saturated carbocycles. The molecule has 1 aromatic heterocycles. The highest BCUT2D eigenvalue weighted by Crippen LogP contribution is 2.19. The molecule has 1 heterocycles. The highest BCUT2D eigenvalue weighted by Gasteiger charge is 2.10. The van der Waals surface area contributed by atoms with Gasteiger partial charge >= 0.3 is 0 Å². The molecule has 0 aliphatic heterocycles. The maximum atomic E-state index is 5.44. The van der Waals surface area contributed by atoms with Gasteiger partial charge in [-0.2, -0.15) is 0 Å². The molecule has 0 aliphatic rings. The van der Waals surface area contributed by atoms with Crippen LogP contribution in [0.5, 0.6) is 0 Å². The summed E-state index contributed by atoms with van der Waals surface area (Å²) in [6, 6.07) is 7.91. The van der Waals surface area contributed by atoms with Gasteiger partial charge in [-0.05, 0) is 31.2 Å². The zero-order valence-electron chi connectivity index (χ0n) is 10.6. The zero-order valence-corrected chi connectivity index (χ0v) is 12.3. The van der Waals surface area contributed by atoms with Crippen LogP contribution in [0.1, 0.15) is 31.2 Å². The number of nitrogens with zero attached hydrogens (tertiary/aromatic N) is 2. The number of thioether (sulfide) groups is 1. The zero-order chi connectivity index (χ0) is 13.0. The number of unbranched alkanes of at least 4 members (excludes halogenated alkanes) is 1. The van der Waals surface area contributed by atoms with Crippen molar-refractivity contribution < 1.29 is 0 Å². The fourth-order valence-corrected chi connectivity index (χ4v) is 3.05. The van der Waals surface area contributed by atoms with Gasteiger partial charge < -0.3 is 0 Å². The third kappa shape index (κ3) is 3.06. The average Bonchev–Trinajstić information content (AvgIpc) is 2.38. The van der Waals surface area contributed by atoms with Gasteiger partial charge in [0.05, 0.1) is 20.9 Å². The topological polar surface area (TPSA) is 25.8 Å². The van der Waals surface area contributed by atoms with E-state index in [4.69, 9.17) is 12.2 Å². The van der Waals surface area contributed by atoms with Crippen molar-refractivity contribution in [3.05, 3.63) is 35.7 Å². The van der Waals surface area contributed by atoms with E-state index in [0.717, 1.165) is 32.4 Å². The Bertz CT molecular complexity index is 567. The Morgan fingerprint density at radius 2 is 1.89 bits per heavy atom. The molecule has 0 N–H and O–H groups in total. The van der Waals surface area contributed by atoms with E-state index in [0.29, 0.717) is 0 Å². The highest BCUT2D eigenvalue weighted by atomic mass is 32.2. The summed E-state index contributed by atoms with van der Waals surface area (Å²) in [5.41, 5.74) is 3.63. The van der Waals surface area contributed by atoms with E-state index < -0.39 is 0 Å². The molecule has 2 nitrogen and oxygen atoms in total. The van der Waals surface area contributed by atoms with Crippen molar-refractivity contribution in [3.63, 3.8) is 0 Å². The number of para-hydroxylation sites is 2. The Hall–Kier alpha value is -1.00. The molecular weight excluding hydrogens is 260 g/mol. The second-order valence-electron chi connectivity index (χ2n) is 4.14. The lowest BCUT2D eigenvalue weighted by atomic mass is 10.2. The summed E-state index contributed by atoms with van der Waals surface area (Å²) >= 11 is 7.15. The number of fused-ring (bicyclic) bond motifs is 1. The van der Waals surface area contributed by atoms with Crippen LogP contribution in [0, 0.1) is 6.92 Å². The number of hydrogen-bond donors (Lipinski definition) is 0. The summed E-state index contributed by atoms with van der Waals surface area (Å²) in [6.45, 7) is 4.16. The van der Waals surface area contributed by atoms with E-state index in [1.54, 1.807) is 11.8 Å². The fraction of sp³-hybridized carbons (Fsp3) is 0.357. The lowest BCUT2D eigenvalue weighted by Gasteiger charge is -2.07. The predicted molar refractivity (Wildman–Crippen MR) is 83.3 cm³/mol. The molecule has 2 rings (SSSR count). The van der Waals surface area contributed by atoms with Gasteiger partial charge in [0, 0.05) is 0 Å². The first-order valence-electron chi connectivity index (χ1n) is 6.13. The number of thiocarbonyl (C=S) groups is 1. The Morgan fingerprint density at radius 3 is 2.56 bits per heavy atom. The monoisotopic (exact) mass is 276 g/mol. The molecule has 0 saturated heterocycles. The summed E-state index contributed by atoms with van der Waals surface area (Å²) in [6.07, 6.45) is 2.38. The van der Waals surface area contributed by atoms with Gasteiger partial charge in [0.1, 0.15) is 5.69 Å². The van der Waals surface area contributed by atoms with Crippen LogP contribution < -0.4 is 0 Å². The van der Waals surface area contributed by atoms with E-state index in [1.165, 1.54) is 12.8 Å². The van der Waals surface area contributed by atoms with Gasteiger partial charge in [0.25, 0.3) is 0 Å². The molecule has 18 heavy (non-hydrogen) atoms. The van der Waals surface area contributed by atoms with Crippen molar-refractivity contribution in [2.75, 3.05) is 5.75 Å². The van der Waals surface area contributed by atoms with Crippen molar-refractivity contribution in [2.24, 2.45) is 0 Å². The molecule has 2 aromatic rings. The number of aryl methyl sites for hydroxylation is 1. The van der Waals surface area contributed by atoms with Gasteiger partial charge in [0.15, 0.2) is 0 Å². The maximum absolute atomic E-state index is 5.44. The summed E-state index contributed by atoms with van der Waals surface area (Å²) in [5, 5.41) is 0. The minimum absolute atomic E-state index is 0.860. The predicted octanol–water partition coefficient (Wildman–Crippen LogP) is 4.15. The van der Waals surface area contributed by atoms with Crippen molar-refractivity contribution in [3.8, 4) is 0 Å². The maximum Gasteiger partial charge on any atom is 0.109 e. The van der Waals surface area contributed by atoms with E-state index in [9.17, 15) is 0 Å². The SMILES string of the molecule is CCCCSC(=S)c1nc2ccccc2nc1C. The summed E-state index contributed by atoms with van der Waals surface area (Å²) in [7, 11) is 0. The number of rotatable bonds is 4. The summed E-state index contributed by atoms with van der Waals surface area (Å²) in [4.78, 5) is 9.19. The lowest BCUT2D eigenvalue weighted by molar-refractivity contribution is 0.898. The Morgan fingerprint density at radius 1 is 1.22 bits per heavy atom. The number of aromatic nitrogens is 2. The number of benzene rings is 1. The fourth-order valence-electron chi connectivity index (χ4n) is 1.66. The van der Waals surface area contributed by atoms with Crippen molar-refractivity contribution >= 4 is 39.2 Å². The van der Waals surface area contributed by atoms with Gasteiger partial charge in [0.2, 0.25) is 0 Å². The van der Waals surface area contributed by atoms with Crippen LogP contribution in [0.25, 0.3) is 11.0 Å². The molecule has 0 fully saturated rings. The molecule has 0 atom stereocenters. The molecular formula is C14H16N2S2.